The lowest BCUT2D eigenvalue weighted by atomic mass is 10.2. The molecule has 0 saturated heterocycles. The first-order valence-electron chi connectivity index (χ1n) is 6.81. The highest BCUT2D eigenvalue weighted by molar-refractivity contribution is 9.10. The summed E-state index contributed by atoms with van der Waals surface area (Å²) in [6.45, 7) is 0.0968. The average Bonchev–Trinajstić information content (AvgIpc) is 3.01. The zero-order valence-electron chi connectivity index (χ0n) is 12.0. The molecule has 0 fully saturated rings. The fourth-order valence-corrected chi connectivity index (χ4v) is 2.33. The van der Waals surface area contributed by atoms with E-state index in [0.717, 1.165) is 10.0 Å². The molecule has 1 aliphatic heterocycles. The summed E-state index contributed by atoms with van der Waals surface area (Å²) in [5.74, 6) is 1.61. The van der Waals surface area contributed by atoms with Crippen LogP contribution in [0.5, 0.6) is 17.2 Å². The first-order chi connectivity index (χ1) is 11.2. The molecule has 2 aromatic carbocycles. The van der Waals surface area contributed by atoms with E-state index in [2.05, 4.69) is 26.5 Å². The van der Waals surface area contributed by atoms with Crippen LogP contribution < -0.4 is 19.6 Å². The third kappa shape index (κ3) is 4.01. The Morgan fingerprint density at radius 3 is 2.78 bits per heavy atom. The van der Waals surface area contributed by atoms with Crippen molar-refractivity contribution in [2.75, 3.05) is 13.4 Å². The van der Waals surface area contributed by atoms with Crippen LogP contribution in [0.25, 0.3) is 0 Å². The van der Waals surface area contributed by atoms with Gasteiger partial charge >= 0.3 is 0 Å². The van der Waals surface area contributed by atoms with Gasteiger partial charge in [0.25, 0.3) is 5.91 Å². The molecule has 1 heterocycles. The molecule has 0 aliphatic carbocycles. The second-order valence-corrected chi connectivity index (χ2v) is 5.48. The van der Waals surface area contributed by atoms with Crippen LogP contribution in [-0.4, -0.2) is 25.5 Å². The van der Waals surface area contributed by atoms with Gasteiger partial charge < -0.3 is 14.2 Å². The Morgan fingerprint density at radius 2 is 2.00 bits per heavy atom. The number of amides is 1. The molecular weight excluding hydrogens is 364 g/mol. The van der Waals surface area contributed by atoms with Crippen LogP contribution in [0.3, 0.4) is 0 Å². The van der Waals surface area contributed by atoms with E-state index in [1.54, 1.807) is 24.3 Å². The van der Waals surface area contributed by atoms with E-state index in [-0.39, 0.29) is 19.3 Å². The van der Waals surface area contributed by atoms with Crippen molar-refractivity contribution >= 4 is 28.1 Å². The normalized spacial score (nSPS) is 12.4. The molecular formula is C16H13BrN2O4. The maximum atomic E-state index is 11.7. The molecule has 0 spiro atoms. The van der Waals surface area contributed by atoms with E-state index < -0.39 is 0 Å². The van der Waals surface area contributed by atoms with Gasteiger partial charge in [-0.25, -0.2) is 5.43 Å². The number of nitrogens with zero attached hydrogens (tertiary/aromatic N) is 1. The number of fused-ring (bicyclic) bond motifs is 1. The number of ether oxygens (including phenoxy) is 3. The summed E-state index contributed by atoms with van der Waals surface area (Å²) in [7, 11) is 0. The van der Waals surface area contributed by atoms with Crippen LogP contribution in [-0.2, 0) is 4.79 Å². The van der Waals surface area contributed by atoms with E-state index in [0.29, 0.717) is 17.2 Å². The number of carbonyl (C=O) groups excluding carboxylic acids is 1. The lowest BCUT2D eigenvalue weighted by Gasteiger charge is -2.04. The number of rotatable bonds is 5. The number of hydrogen-bond donors (Lipinski definition) is 1. The van der Waals surface area contributed by atoms with E-state index in [9.17, 15) is 4.79 Å². The van der Waals surface area contributed by atoms with Gasteiger partial charge in [0.15, 0.2) is 18.1 Å². The molecule has 0 atom stereocenters. The molecule has 2 aromatic rings. The number of nitrogens with one attached hydrogen (secondary N) is 1. The Hall–Kier alpha value is -2.54. The second kappa shape index (κ2) is 7.15. The van der Waals surface area contributed by atoms with E-state index >= 15 is 0 Å². The lowest BCUT2D eigenvalue weighted by Crippen LogP contribution is -2.24. The summed E-state index contributed by atoms with van der Waals surface area (Å²) < 4.78 is 16.7. The molecule has 0 bridgehead atoms. The molecule has 1 N–H and O–H groups in total. The second-order valence-electron chi connectivity index (χ2n) is 4.62. The number of hydrazone groups is 1. The van der Waals surface area contributed by atoms with Crippen molar-refractivity contribution in [2.45, 2.75) is 0 Å². The Labute approximate surface area is 141 Å². The maximum Gasteiger partial charge on any atom is 0.277 e. The number of carbonyl (C=O) groups is 1. The zero-order valence-corrected chi connectivity index (χ0v) is 13.6. The average molecular weight is 377 g/mol. The van der Waals surface area contributed by atoms with Crippen molar-refractivity contribution in [3.63, 3.8) is 0 Å². The van der Waals surface area contributed by atoms with Crippen LogP contribution in [0, 0.1) is 0 Å². The molecule has 3 rings (SSSR count). The van der Waals surface area contributed by atoms with E-state index in [1.807, 2.05) is 18.2 Å². The summed E-state index contributed by atoms with van der Waals surface area (Å²) in [5, 5.41) is 3.91. The number of halogens is 1. The smallest absolute Gasteiger partial charge is 0.277 e. The standard InChI is InChI=1S/C16H13BrN2O4/c17-13-7-15-14(22-10-23-15)6-11(13)8-18-19-16(20)9-21-12-4-2-1-3-5-12/h1-8H,9-10H2,(H,19,20)/b18-8+. The van der Waals surface area contributed by atoms with Gasteiger partial charge in [-0.2, -0.15) is 5.10 Å². The van der Waals surface area contributed by atoms with Crippen LogP contribution in [0.1, 0.15) is 5.56 Å². The van der Waals surface area contributed by atoms with Crippen LogP contribution in [0.4, 0.5) is 0 Å². The van der Waals surface area contributed by atoms with Gasteiger partial charge in [0, 0.05) is 10.0 Å². The first-order valence-corrected chi connectivity index (χ1v) is 7.60. The van der Waals surface area contributed by atoms with E-state index in [1.165, 1.54) is 6.21 Å². The third-order valence-electron chi connectivity index (χ3n) is 3.00. The topological polar surface area (TPSA) is 69.2 Å². The quantitative estimate of drug-likeness (QED) is 0.643. The summed E-state index contributed by atoms with van der Waals surface area (Å²) in [4.78, 5) is 11.7. The molecule has 0 unspecified atom stereocenters. The number of benzene rings is 2. The molecule has 7 heteroatoms. The Balaban J connectivity index is 1.53. The molecule has 6 nitrogen and oxygen atoms in total. The van der Waals surface area contributed by atoms with Crippen LogP contribution >= 0.6 is 15.9 Å². The number of para-hydroxylation sites is 1. The highest BCUT2D eigenvalue weighted by atomic mass is 79.9. The van der Waals surface area contributed by atoms with Crippen LogP contribution in [0.15, 0.2) is 52.0 Å². The highest BCUT2D eigenvalue weighted by Crippen LogP contribution is 2.36. The van der Waals surface area contributed by atoms with Gasteiger partial charge in [0.1, 0.15) is 5.75 Å². The Morgan fingerprint density at radius 1 is 1.26 bits per heavy atom. The predicted octanol–water partition coefficient (Wildman–Crippen LogP) is 2.71. The minimum Gasteiger partial charge on any atom is -0.484 e. The van der Waals surface area contributed by atoms with Gasteiger partial charge in [0.2, 0.25) is 6.79 Å². The van der Waals surface area contributed by atoms with Crippen molar-refractivity contribution < 1.29 is 19.0 Å². The first kappa shape index (κ1) is 15.4. The highest BCUT2D eigenvalue weighted by Gasteiger charge is 2.15. The number of hydrogen-bond acceptors (Lipinski definition) is 5. The van der Waals surface area contributed by atoms with Crippen molar-refractivity contribution in [2.24, 2.45) is 5.10 Å². The summed E-state index contributed by atoms with van der Waals surface area (Å²) in [6, 6.07) is 12.7. The predicted molar refractivity (Wildman–Crippen MR) is 87.9 cm³/mol. The summed E-state index contributed by atoms with van der Waals surface area (Å²) in [5.41, 5.74) is 3.17. The molecule has 0 radical (unpaired) electrons. The minimum absolute atomic E-state index is 0.107. The van der Waals surface area contributed by atoms with Crippen LogP contribution in [0.2, 0.25) is 0 Å². The largest absolute Gasteiger partial charge is 0.484 e. The molecule has 0 saturated carbocycles. The van der Waals surface area contributed by atoms with Gasteiger partial charge in [-0.15, -0.1) is 0 Å². The zero-order chi connectivity index (χ0) is 16.1. The Bertz CT molecular complexity index is 734. The molecule has 0 aromatic heterocycles. The van der Waals surface area contributed by atoms with Crippen molar-refractivity contribution in [1.82, 2.24) is 5.43 Å². The Kier molecular flexibility index (Phi) is 4.77. The summed E-state index contributed by atoms with van der Waals surface area (Å²) in [6.07, 6.45) is 1.52. The summed E-state index contributed by atoms with van der Waals surface area (Å²) >= 11 is 3.41. The van der Waals surface area contributed by atoms with Gasteiger partial charge in [0.05, 0.1) is 6.21 Å². The fourth-order valence-electron chi connectivity index (χ4n) is 1.90. The molecule has 1 aliphatic rings. The SMILES string of the molecule is O=C(COc1ccccc1)N/N=C/c1cc2c(cc1Br)OCO2. The minimum atomic E-state index is -0.345. The fraction of sp³-hybridized carbons (Fsp3) is 0.125. The molecule has 23 heavy (non-hydrogen) atoms. The lowest BCUT2D eigenvalue weighted by molar-refractivity contribution is -0.123. The van der Waals surface area contributed by atoms with Gasteiger partial charge in [-0.1, -0.05) is 18.2 Å². The van der Waals surface area contributed by atoms with Crippen molar-refractivity contribution in [1.29, 1.82) is 0 Å². The van der Waals surface area contributed by atoms with Gasteiger partial charge in [-0.3, -0.25) is 4.79 Å². The molecule has 1 amide bonds. The van der Waals surface area contributed by atoms with Gasteiger partial charge in [-0.05, 0) is 40.2 Å². The monoisotopic (exact) mass is 376 g/mol. The third-order valence-corrected chi connectivity index (χ3v) is 3.68. The van der Waals surface area contributed by atoms with Crippen molar-refractivity contribution in [3.05, 3.63) is 52.5 Å². The van der Waals surface area contributed by atoms with Crippen molar-refractivity contribution in [3.8, 4) is 17.2 Å². The molecule has 118 valence electrons. The van der Waals surface area contributed by atoms with E-state index in [4.69, 9.17) is 14.2 Å². The maximum absolute atomic E-state index is 11.7.